The molecule has 0 aromatic heterocycles. The molecule has 0 aromatic carbocycles. The van der Waals surface area contributed by atoms with Gasteiger partial charge in [-0.05, 0) is 6.92 Å². The van der Waals surface area contributed by atoms with Crippen molar-refractivity contribution in [1.29, 1.82) is 0 Å². The maximum atomic E-state index is 10.9. The third-order valence-corrected chi connectivity index (χ3v) is 2.16. The van der Waals surface area contributed by atoms with Gasteiger partial charge in [0.1, 0.15) is 12.1 Å². The number of carbonyl (C=O) groups is 2. The van der Waals surface area contributed by atoms with Crippen molar-refractivity contribution in [2.75, 3.05) is 5.75 Å². The minimum atomic E-state index is -1.20. The van der Waals surface area contributed by atoms with Gasteiger partial charge in [0, 0.05) is 5.75 Å². The van der Waals surface area contributed by atoms with Crippen LogP contribution in [0.3, 0.4) is 0 Å². The molecule has 0 heterocycles. The van der Waals surface area contributed by atoms with Crippen LogP contribution in [0.25, 0.3) is 0 Å². The Balaban J connectivity index is 4.10. The van der Waals surface area contributed by atoms with E-state index >= 15 is 0 Å². The number of rotatable bonds is 5. The Morgan fingerprint density at radius 3 is 2.46 bits per heavy atom. The summed E-state index contributed by atoms with van der Waals surface area (Å²) in [5, 5.41) is 19.5. The molecule has 0 rings (SSSR count). The molecule has 0 saturated carbocycles. The molecule has 2 atom stereocenters. The first-order valence-electron chi connectivity index (χ1n) is 3.46. The van der Waals surface area contributed by atoms with E-state index in [0.29, 0.717) is 0 Å². The molecular weight excluding hydrogens is 214 g/mol. The molecule has 0 spiro atoms. The minimum absolute atomic E-state index is 0.150. The van der Waals surface area contributed by atoms with Crippen LogP contribution in [0.5, 0.6) is 0 Å². The summed E-state index contributed by atoms with van der Waals surface area (Å²) in [7, 11) is 1.01. The average molecular weight is 225 g/mol. The average Bonchev–Trinajstić information content (AvgIpc) is 2.03. The lowest BCUT2D eigenvalue weighted by atomic mass is 10.3. The fraction of sp³-hybridized carbons (Fsp3) is 0.667. The van der Waals surface area contributed by atoms with Crippen LogP contribution in [0.2, 0.25) is 0 Å². The Morgan fingerprint density at radius 1 is 1.62 bits per heavy atom. The normalized spacial score (nSPS) is 14.7. The maximum Gasteiger partial charge on any atom is 0.327 e. The number of carboxylic acids is 1. The highest BCUT2D eigenvalue weighted by Gasteiger charge is 2.21. The second kappa shape index (κ2) is 6.11. The van der Waals surface area contributed by atoms with Crippen LogP contribution >= 0.6 is 22.5 Å². The van der Waals surface area contributed by atoms with Crippen LogP contribution in [-0.2, 0) is 9.59 Å². The first-order chi connectivity index (χ1) is 5.99. The van der Waals surface area contributed by atoms with E-state index in [9.17, 15) is 9.59 Å². The summed E-state index contributed by atoms with van der Waals surface area (Å²) < 4.78 is 0. The van der Waals surface area contributed by atoms with Gasteiger partial charge in [-0.2, -0.15) is 0 Å². The Kier molecular flexibility index (Phi) is 5.93. The predicted octanol–water partition coefficient (Wildman–Crippen LogP) is -0.485. The lowest BCUT2D eigenvalue weighted by molar-refractivity contribution is -0.142. The van der Waals surface area contributed by atoms with E-state index in [4.69, 9.17) is 10.2 Å². The van der Waals surface area contributed by atoms with Gasteiger partial charge in [0.25, 0.3) is 0 Å². The highest BCUT2D eigenvalue weighted by atomic mass is 33.1. The molecule has 13 heavy (non-hydrogen) atoms. The van der Waals surface area contributed by atoms with Crippen LogP contribution in [0, 0.1) is 0 Å². The topological polar surface area (TPSA) is 86.6 Å². The summed E-state index contributed by atoms with van der Waals surface area (Å²) >= 11 is 3.77. The van der Waals surface area contributed by atoms with E-state index in [1.165, 1.54) is 6.92 Å². The van der Waals surface area contributed by atoms with Crippen LogP contribution in [-0.4, -0.2) is 40.0 Å². The number of carboxylic acid groups (broad SMARTS) is 1. The van der Waals surface area contributed by atoms with Gasteiger partial charge in [-0.1, -0.05) is 10.8 Å². The smallest absolute Gasteiger partial charge is 0.327 e. The quantitative estimate of drug-likeness (QED) is 0.375. The summed E-state index contributed by atoms with van der Waals surface area (Å²) in [4.78, 5) is 21.4. The van der Waals surface area contributed by atoms with Crippen molar-refractivity contribution in [2.45, 2.75) is 19.1 Å². The lowest BCUT2D eigenvalue weighted by Crippen LogP contribution is -2.46. The summed E-state index contributed by atoms with van der Waals surface area (Å²) in [6.45, 7) is 1.27. The molecule has 0 fully saturated rings. The molecule has 0 radical (unpaired) electrons. The van der Waals surface area contributed by atoms with Crippen LogP contribution in [0.4, 0.5) is 0 Å². The molecule has 5 nitrogen and oxygen atoms in total. The number of amides is 1. The van der Waals surface area contributed by atoms with Gasteiger partial charge in [-0.25, -0.2) is 4.79 Å². The van der Waals surface area contributed by atoms with Gasteiger partial charge < -0.3 is 15.5 Å². The van der Waals surface area contributed by atoms with E-state index in [-0.39, 0.29) is 5.75 Å². The highest BCUT2D eigenvalue weighted by molar-refractivity contribution is 8.68. The number of hydrogen-bond donors (Lipinski definition) is 4. The molecule has 0 aliphatic rings. The monoisotopic (exact) mass is 225 g/mol. The second-order valence-electron chi connectivity index (χ2n) is 2.37. The Morgan fingerprint density at radius 2 is 2.15 bits per heavy atom. The molecular formula is C6H11NO4S2. The summed E-state index contributed by atoms with van der Waals surface area (Å²) in [6, 6.07) is -1.01. The van der Waals surface area contributed by atoms with Crippen molar-refractivity contribution in [3.63, 3.8) is 0 Å². The van der Waals surface area contributed by atoms with Gasteiger partial charge in [-0.15, -0.1) is 11.7 Å². The van der Waals surface area contributed by atoms with Crippen molar-refractivity contribution >= 4 is 34.3 Å². The van der Waals surface area contributed by atoms with Crippen molar-refractivity contribution in [2.24, 2.45) is 0 Å². The molecule has 0 aliphatic carbocycles. The third-order valence-electron chi connectivity index (χ3n) is 1.24. The van der Waals surface area contributed by atoms with E-state index < -0.39 is 24.0 Å². The first-order valence-corrected chi connectivity index (χ1v) is 5.50. The standard InChI is InChI=1S/C6H11NO4S2/c1-3(8)5(9)7-4(2-13-12)6(10)11/h3-4,8,12H,2H2,1H3,(H,7,9)(H,10,11). The van der Waals surface area contributed by atoms with Gasteiger partial charge in [0.05, 0.1) is 0 Å². The van der Waals surface area contributed by atoms with Crippen LogP contribution in [0.15, 0.2) is 0 Å². The molecule has 0 bridgehead atoms. The van der Waals surface area contributed by atoms with E-state index in [0.717, 1.165) is 10.8 Å². The SMILES string of the molecule is CC(O)C(=O)NC(CSS)C(=O)O. The van der Waals surface area contributed by atoms with E-state index in [2.05, 4.69) is 17.0 Å². The summed E-state index contributed by atoms with van der Waals surface area (Å²) in [6.07, 6.45) is -1.20. The molecule has 1 amide bonds. The Hall–Kier alpha value is -0.400. The van der Waals surface area contributed by atoms with Gasteiger partial charge in [-0.3, -0.25) is 4.79 Å². The molecule has 0 saturated heterocycles. The molecule has 0 aliphatic heterocycles. The van der Waals surface area contributed by atoms with Crippen molar-refractivity contribution in [3.8, 4) is 0 Å². The van der Waals surface area contributed by atoms with Gasteiger partial charge >= 0.3 is 5.97 Å². The highest BCUT2D eigenvalue weighted by Crippen LogP contribution is 2.07. The molecule has 76 valence electrons. The van der Waals surface area contributed by atoms with Crippen LogP contribution in [0.1, 0.15) is 6.92 Å². The van der Waals surface area contributed by atoms with Crippen molar-refractivity contribution in [3.05, 3.63) is 0 Å². The zero-order valence-electron chi connectivity index (χ0n) is 6.93. The summed E-state index contributed by atoms with van der Waals surface area (Å²) in [5.74, 6) is -1.69. The Labute approximate surface area is 84.7 Å². The lowest BCUT2D eigenvalue weighted by Gasteiger charge is -2.13. The molecule has 2 unspecified atom stereocenters. The fourth-order valence-electron chi connectivity index (χ4n) is 0.542. The largest absolute Gasteiger partial charge is 0.480 e. The fourth-order valence-corrected chi connectivity index (χ4v) is 1.36. The van der Waals surface area contributed by atoms with E-state index in [1.54, 1.807) is 0 Å². The van der Waals surface area contributed by atoms with Crippen molar-refractivity contribution in [1.82, 2.24) is 5.32 Å². The number of hydrogen-bond acceptors (Lipinski definition) is 5. The number of aliphatic hydroxyl groups is 1. The molecule has 7 heteroatoms. The zero-order chi connectivity index (χ0) is 10.4. The number of aliphatic carboxylic acids is 1. The Bertz CT molecular complexity index is 197. The minimum Gasteiger partial charge on any atom is -0.480 e. The number of carbonyl (C=O) groups excluding carboxylic acids is 1. The van der Waals surface area contributed by atoms with Gasteiger partial charge in [0.2, 0.25) is 5.91 Å². The second-order valence-corrected chi connectivity index (χ2v) is 3.74. The molecule has 0 aromatic rings. The van der Waals surface area contributed by atoms with Crippen LogP contribution < -0.4 is 5.32 Å². The van der Waals surface area contributed by atoms with Gasteiger partial charge in [0.15, 0.2) is 0 Å². The zero-order valence-corrected chi connectivity index (χ0v) is 8.64. The van der Waals surface area contributed by atoms with E-state index in [1.807, 2.05) is 0 Å². The third kappa shape index (κ3) is 5.02. The predicted molar refractivity (Wildman–Crippen MR) is 52.7 cm³/mol. The first kappa shape index (κ1) is 12.6. The van der Waals surface area contributed by atoms with Crippen molar-refractivity contribution < 1.29 is 19.8 Å². The number of nitrogens with one attached hydrogen (secondary N) is 1. The summed E-state index contributed by atoms with van der Waals surface area (Å²) in [5.41, 5.74) is 0. The molecule has 3 N–H and O–H groups in total. The maximum absolute atomic E-state index is 10.9. The number of aliphatic hydroxyl groups excluding tert-OH is 1. The number of thiol groups is 1.